The number of hydrogen-bond acceptors (Lipinski definition) is 5. The number of alkyl carbamates (subject to hydrolysis) is 1. The van der Waals surface area contributed by atoms with Crippen LogP contribution in [0.5, 0.6) is 0 Å². The molecule has 2 N–H and O–H groups in total. The Morgan fingerprint density at radius 1 is 1.38 bits per heavy atom. The second-order valence-corrected chi connectivity index (χ2v) is 5.59. The maximum atomic E-state index is 11.8. The molecule has 1 unspecified atom stereocenters. The predicted molar refractivity (Wildman–Crippen MR) is 81.3 cm³/mol. The van der Waals surface area contributed by atoms with Gasteiger partial charge in [-0.25, -0.2) is 9.78 Å². The van der Waals surface area contributed by atoms with E-state index in [-0.39, 0.29) is 5.91 Å². The first-order valence-electron chi connectivity index (χ1n) is 6.57. The third-order valence-electron chi connectivity index (χ3n) is 2.89. The average molecular weight is 307 g/mol. The molecule has 1 aromatic carbocycles. The van der Waals surface area contributed by atoms with E-state index in [2.05, 4.69) is 20.4 Å². The van der Waals surface area contributed by atoms with Crippen LogP contribution in [0.25, 0.3) is 10.2 Å². The number of nitrogens with one attached hydrogen (secondary N) is 2. The molecule has 0 saturated heterocycles. The molecule has 21 heavy (non-hydrogen) atoms. The third-order valence-corrected chi connectivity index (χ3v) is 3.99. The molecule has 0 aliphatic rings. The topological polar surface area (TPSA) is 80.3 Å². The Kier molecular flexibility index (Phi) is 5.10. The van der Waals surface area contributed by atoms with Crippen molar-refractivity contribution < 1.29 is 14.3 Å². The van der Waals surface area contributed by atoms with Gasteiger partial charge in [0.25, 0.3) is 0 Å². The first-order chi connectivity index (χ1) is 10.1. The fourth-order valence-electron chi connectivity index (χ4n) is 1.77. The lowest BCUT2D eigenvalue weighted by Gasteiger charge is -2.12. The molecule has 0 radical (unpaired) electrons. The van der Waals surface area contributed by atoms with Gasteiger partial charge >= 0.3 is 6.09 Å². The van der Waals surface area contributed by atoms with Crippen molar-refractivity contribution in [2.24, 2.45) is 0 Å². The Labute approximate surface area is 126 Å². The molecule has 2 amide bonds. The van der Waals surface area contributed by atoms with Gasteiger partial charge in [-0.05, 0) is 19.1 Å². The molecule has 0 fully saturated rings. The molecule has 0 spiro atoms. The summed E-state index contributed by atoms with van der Waals surface area (Å²) in [6.07, 6.45) is 0.0413. The summed E-state index contributed by atoms with van der Waals surface area (Å²) >= 11 is 1.62. The Morgan fingerprint density at radius 3 is 2.86 bits per heavy atom. The average Bonchev–Trinajstić information content (AvgIpc) is 2.89. The Hall–Kier alpha value is -2.15. The van der Waals surface area contributed by atoms with Gasteiger partial charge in [0.05, 0.1) is 22.3 Å². The summed E-state index contributed by atoms with van der Waals surface area (Å²) in [5, 5.41) is 6.15. The lowest BCUT2D eigenvalue weighted by Crippen LogP contribution is -2.45. The van der Waals surface area contributed by atoms with Crippen LogP contribution in [0.4, 0.5) is 4.79 Å². The highest BCUT2D eigenvalue weighted by atomic mass is 32.1. The number of rotatable bonds is 5. The van der Waals surface area contributed by atoms with E-state index in [0.29, 0.717) is 13.0 Å². The maximum absolute atomic E-state index is 11.8. The number of fused-ring (bicyclic) bond motifs is 1. The van der Waals surface area contributed by atoms with E-state index in [0.717, 1.165) is 15.2 Å². The van der Waals surface area contributed by atoms with E-state index in [1.807, 2.05) is 24.3 Å². The molecule has 2 rings (SSSR count). The number of aromatic nitrogens is 1. The Balaban J connectivity index is 1.80. The van der Waals surface area contributed by atoms with Crippen LogP contribution in [0.15, 0.2) is 24.3 Å². The summed E-state index contributed by atoms with van der Waals surface area (Å²) in [7, 11) is 1.26. The summed E-state index contributed by atoms with van der Waals surface area (Å²) < 4.78 is 5.58. The number of hydrogen-bond donors (Lipinski definition) is 2. The number of thiazole rings is 1. The van der Waals surface area contributed by atoms with E-state index in [1.165, 1.54) is 7.11 Å². The van der Waals surface area contributed by atoms with Gasteiger partial charge in [-0.3, -0.25) is 4.79 Å². The van der Waals surface area contributed by atoms with E-state index >= 15 is 0 Å². The van der Waals surface area contributed by atoms with Gasteiger partial charge in [-0.2, -0.15) is 0 Å². The first-order valence-corrected chi connectivity index (χ1v) is 7.38. The minimum atomic E-state index is -0.632. The number of carbonyl (C=O) groups excluding carboxylic acids is 2. The van der Waals surface area contributed by atoms with Gasteiger partial charge in [-0.1, -0.05) is 12.1 Å². The summed E-state index contributed by atoms with van der Waals surface area (Å²) in [5.41, 5.74) is 0.976. The molecule has 112 valence electrons. The summed E-state index contributed by atoms with van der Waals surface area (Å²) in [4.78, 5) is 27.3. The molecular formula is C14H17N3O3S. The molecule has 2 aromatic rings. The van der Waals surface area contributed by atoms with Gasteiger partial charge in [0.1, 0.15) is 6.04 Å². The van der Waals surface area contributed by atoms with Gasteiger partial charge < -0.3 is 15.4 Å². The van der Waals surface area contributed by atoms with Gasteiger partial charge in [0.15, 0.2) is 0 Å². The molecule has 1 aromatic heterocycles. The van der Waals surface area contributed by atoms with Crippen molar-refractivity contribution in [2.45, 2.75) is 19.4 Å². The standard InChI is InChI=1S/C14H17N3O3S/c1-9(16-14(19)20-2)13(18)15-8-7-12-17-10-5-3-4-6-11(10)21-12/h3-6,9H,7-8H2,1-2H3,(H,15,18)(H,16,19). The van der Waals surface area contributed by atoms with Crippen LogP contribution in [0.3, 0.4) is 0 Å². The predicted octanol–water partition coefficient (Wildman–Crippen LogP) is 1.70. The zero-order valence-corrected chi connectivity index (χ0v) is 12.7. The van der Waals surface area contributed by atoms with Crippen molar-refractivity contribution in [3.05, 3.63) is 29.3 Å². The number of methoxy groups -OCH3 is 1. The minimum Gasteiger partial charge on any atom is -0.453 e. The fraction of sp³-hybridized carbons (Fsp3) is 0.357. The number of benzene rings is 1. The zero-order chi connectivity index (χ0) is 15.2. The highest BCUT2D eigenvalue weighted by Crippen LogP contribution is 2.21. The quantitative estimate of drug-likeness (QED) is 0.881. The van der Waals surface area contributed by atoms with Crippen molar-refractivity contribution in [1.29, 1.82) is 0 Å². The number of para-hydroxylation sites is 1. The van der Waals surface area contributed by atoms with Crippen LogP contribution < -0.4 is 10.6 Å². The molecule has 0 aliphatic heterocycles. The Morgan fingerprint density at radius 2 is 2.14 bits per heavy atom. The van der Waals surface area contributed by atoms with Crippen LogP contribution in [-0.2, 0) is 16.0 Å². The van der Waals surface area contributed by atoms with Crippen molar-refractivity contribution in [3.63, 3.8) is 0 Å². The van der Waals surface area contributed by atoms with Crippen molar-refractivity contribution >= 4 is 33.6 Å². The summed E-state index contributed by atoms with van der Waals surface area (Å²) in [6.45, 7) is 2.08. The highest BCUT2D eigenvalue weighted by molar-refractivity contribution is 7.18. The molecule has 1 heterocycles. The fourth-order valence-corrected chi connectivity index (χ4v) is 2.74. The summed E-state index contributed by atoms with van der Waals surface area (Å²) in [5.74, 6) is -0.249. The minimum absolute atomic E-state index is 0.249. The van der Waals surface area contributed by atoms with Gasteiger partial charge in [-0.15, -0.1) is 11.3 Å². The van der Waals surface area contributed by atoms with E-state index in [1.54, 1.807) is 18.3 Å². The van der Waals surface area contributed by atoms with E-state index in [4.69, 9.17) is 0 Å². The maximum Gasteiger partial charge on any atom is 0.407 e. The molecule has 0 bridgehead atoms. The van der Waals surface area contributed by atoms with Crippen molar-refractivity contribution in [2.75, 3.05) is 13.7 Å². The SMILES string of the molecule is COC(=O)NC(C)C(=O)NCCc1nc2ccccc2s1. The third kappa shape index (κ3) is 4.16. The molecule has 1 atom stereocenters. The smallest absolute Gasteiger partial charge is 0.407 e. The van der Waals surface area contributed by atoms with Gasteiger partial charge in [0.2, 0.25) is 5.91 Å². The van der Waals surface area contributed by atoms with Crippen molar-refractivity contribution in [1.82, 2.24) is 15.6 Å². The molecular weight excluding hydrogens is 290 g/mol. The van der Waals surface area contributed by atoms with Crippen LogP contribution in [-0.4, -0.2) is 36.7 Å². The van der Waals surface area contributed by atoms with E-state index < -0.39 is 12.1 Å². The van der Waals surface area contributed by atoms with Crippen LogP contribution in [0, 0.1) is 0 Å². The number of carbonyl (C=O) groups is 2. The summed E-state index contributed by atoms with van der Waals surface area (Å²) in [6, 6.07) is 7.29. The van der Waals surface area contributed by atoms with Crippen LogP contribution in [0.2, 0.25) is 0 Å². The van der Waals surface area contributed by atoms with Gasteiger partial charge in [0, 0.05) is 13.0 Å². The van der Waals surface area contributed by atoms with E-state index in [9.17, 15) is 9.59 Å². The lowest BCUT2D eigenvalue weighted by molar-refractivity contribution is -0.122. The molecule has 6 nitrogen and oxygen atoms in total. The van der Waals surface area contributed by atoms with Crippen LogP contribution in [0.1, 0.15) is 11.9 Å². The number of ether oxygens (including phenoxy) is 1. The monoisotopic (exact) mass is 307 g/mol. The largest absolute Gasteiger partial charge is 0.453 e. The normalized spacial score (nSPS) is 11.9. The molecule has 0 aliphatic carbocycles. The Bertz CT molecular complexity index is 608. The van der Waals surface area contributed by atoms with Crippen molar-refractivity contribution in [3.8, 4) is 0 Å². The highest BCUT2D eigenvalue weighted by Gasteiger charge is 2.15. The number of amides is 2. The molecule has 0 saturated carbocycles. The second kappa shape index (κ2) is 7.03. The second-order valence-electron chi connectivity index (χ2n) is 4.47. The zero-order valence-electron chi connectivity index (χ0n) is 11.9. The lowest BCUT2D eigenvalue weighted by atomic mass is 10.3. The first kappa shape index (κ1) is 15.2. The number of nitrogens with zero attached hydrogens (tertiary/aromatic N) is 1. The molecule has 7 heteroatoms. The van der Waals surface area contributed by atoms with Crippen LogP contribution >= 0.6 is 11.3 Å².